The van der Waals surface area contributed by atoms with Gasteiger partial charge in [0.25, 0.3) is 0 Å². The van der Waals surface area contributed by atoms with E-state index in [1.165, 1.54) is 29.5 Å². The van der Waals surface area contributed by atoms with Crippen LogP contribution in [0.1, 0.15) is 65.5 Å². The van der Waals surface area contributed by atoms with Crippen LogP contribution in [0.3, 0.4) is 0 Å². The minimum atomic E-state index is 0.0724. The standard InChI is InChI=1S/C24H27N3O2/c1-14-4-9-20-17(10-14)7-8-18(20)12-19(28)13-29-21-11-15(2)22-23(16-5-6-16)26-27(3)24(22)25-21/h4,9-11,16,18H,5-8,12-13H2,1-3H3/t18-/m1/s1. The lowest BCUT2D eigenvalue weighted by Crippen LogP contribution is -2.15. The Balaban J connectivity index is 1.28. The molecule has 1 saturated carbocycles. The lowest BCUT2D eigenvalue weighted by atomic mass is 9.95. The fourth-order valence-electron chi connectivity index (χ4n) is 4.69. The highest BCUT2D eigenvalue weighted by Crippen LogP contribution is 2.43. The molecule has 0 N–H and O–H groups in total. The van der Waals surface area contributed by atoms with Gasteiger partial charge in [-0.2, -0.15) is 10.1 Å². The molecule has 2 heterocycles. The number of carbonyl (C=O) groups excluding carboxylic acids is 1. The number of benzene rings is 1. The maximum atomic E-state index is 12.6. The summed E-state index contributed by atoms with van der Waals surface area (Å²) in [6.07, 6.45) is 5.07. The Morgan fingerprint density at radius 2 is 2.03 bits per heavy atom. The molecule has 150 valence electrons. The molecule has 5 nitrogen and oxygen atoms in total. The normalized spacial score (nSPS) is 18.2. The molecule has 3 aromatic rings. The predicted molar refractivity (Wildman–Crippen MR) is 113 cm³/mol. The topological polar surface area (TPSA) is 57.0 Å². The largest absolute Gasteiger partial charge is 0.470 e. The van der Waals surface area contributed by atoms with Gasteiger partial charge in [0.1, 0.15) is 6.61 Å². The van der Waals surface area contributed by atoms with E-state index in [1.54, 1.807) is 0 Å². The fourth-order valence-corrected chi connectivity index (χ4v) is 4.69. The van der Waals surface area contributed by atoms with E-state index in [-0.39, 0.29) is 12.4 Å². The van der Waals surface area contributed by atoms with E-state index in [1.807, 2.05) is 17.8 Å². The van der Waals surface area contributed by atoms with Gasteiger partial charge in [-0.3, -0.25) is 9.48 Å². The van der Waals surface area contributed by atoms with Gasteiger partial charge in [-0.1, -0.05) is 23.8 Å². The Morgan fingerprint density at radius 1 is 1.21 bits per heavy atom. The summed E-state index contributed by atoms with van der Waals surface area (Å²) in [5, 5.41) is 5.82. The van der Waals surface area contributed by atoms with Crippen molar-refractivity contribution in [3.8, 4) is 5.88 Å². The summed E-state index contributed by atoms with van der Waals surface area (Å²) < 4.78 is 7.65. The van der Waals surface area contributed by atoms with Crippen LogP contribution >= 0.6 is 0 Å². The van der Waals surface area contributed by atoms with E-state index >= 15 is 0 Å². The molecule has 0 bridgehead atoms. The first-order chi connectivity index (χ1) is 14.0. The molecule has 0 spiro atoms. The minimum Gasteiger partial charge on any atom is -0.470 e. The van der Waals surface area contributed by atoms with Gasteiger partial charge in [-0.25, -0.2) is 0 Å². The average molecular weight is 389 g/mol. The molecule has 0 amide bonds. The van der Waals surface area contributed by atoms with Crippen molar-refractivity contribution in [3.63, 3.8) is 0 Å². The number of Topliss-reactive ketones (excluding diaryl/α,β-unsaturated/α-hetero) is 1. The van der Waals surface area contributed by atoms with Crippen LogP contribution in [0, 0.1) is 13.8 Å². The number of aromatic nitrogens is 3. The summed E-state index contributed by atoms with van der Waals surface area (Å²) in [6.45, 7) is 4.26. The summed E-state index contributed by atoms with van der Waals surface area (Å²) >= 11 is 0. The first-order valence-electron chi connectivity index (χ1n) is 10.6. The molecule has 29 heavy (non-hydrogen) atoms. The van der Waals surface area contributed by atoms with Crippen molar-refractivity contribution in [1.29, 1.82) is 0 Å². The highest BCUT2D eigenvalue weighted by Gasteiger charge is 2.30. The zero-order valence-corrected chi connectivity index (χ0v) is 17.4. The van der Waals surface area contributed by atoms with Crippen molar-refractivity contribution in [3.05, 3.63) is 52.2 Å². The van der Waals surface area contributed by atoms with Gasteiger partial charge in [-0.05, 0) is 62.1 Å². The molecule has 0 radical (unpaired) electrons. The first kappa shape index (κ1) is 18.3. The zero-order valence-electron chi connectivity index (χ0n) is 17.4. The van der Waals surface area contributed by atoms with Crippen molar-refractivity contribution in [2.45, 2.75) is 57.8 Å². The van der Waals surface area contributed by atoms with Crippen LogP contribution in [0.4, 0.5) is 0 Å². The van der Waals surface area contributed by atoms with E-state index in [9.17, 15) is 4.79 Å². The van der Waals surface area contributed by atoms with E-state index < -0.39 is 0 Å². The summed E-state index contributed by atoms with van der Waals surface area (Å²) in [4.78, 5) is 17.2. The fraction of sp³-hybridized carbons (Fsp3) is 0.458. The molecule has 1 aromatic carbocycles. The molecule has 5 heteroatoms. The quantitative estimate of drug-likeness (QED) is 0.621. The van der Waals surface area contributed by atoms with Gasteiger partial charge in [0, 0.05) is 30.8 Å². The molecule has 1 atom stereocenters. The number of nitrogens with zero attached hydrogens (tertiary/aromatic N) is 3. The molecule has 1 fully saturated rings. The summed E-state index contributed by atoms with van der Waals surface area (Å²) in [7, 11) is 1.93. The van der Waals surface area contributed by atoms with Crippen LogP contribution in [-0.4, -0.2) is 27.2 Å². The number of carbonyl (C=O) groups is 1. The van der Waals surface area contributed by atoms with Gasteiger partial charge in [-0.15, -0.1) is 0 Å². The van der Waals surface area contributed by atoms with Gasteiger partial charge >= 0.3 is 0 Å². The molecule has 0 unspecified atom stereocenters. The predicted octanol–water partition coefficient (Wildman–Crippen LogP) is 4.53. The van der Waals surface area contributed by atoms with Crippen LogP contribution in [0.15, 0.2) is 24.3 Å². The Morgan fingerprint density at radius 3 is 2.83 bits per heavy atom. The van der Waals surface area contributed by atoms with Crippen LogP contribution < -0.4 is 4.74 Å². The first-order valence-corrected chi connectivity index (χ1v) is 10.6. The number of pyridine rings is 1. The molecular weight excluding hydrogens is 362 g/mol. The van der Waals surface area contributed by atoms with Crippen molar-refractivity contribution < 1.29 is 9.53 Å². The van der Waals surface area contributed by atoms with Crippen molar-refractivity contribution >= 4 is 16.8 Å². The van der Waals surface area contributed by atoms with Crippen LogP contribution in [0.25, 0.3) is 11.0 Å². The van der Waals surface area contributed by atoms with Crippen LogP contribution in [0.5, 0.6) is 5.88 Å². The number of hydrogen-bond donors (Lipinski definition) is 0. The maximum absolute atomic E-state index is 12.6. The van der Waals surface area contributed by atoms with Gasteiger partial charge < -0.3 is 4.74 Å². The third-order valence-electron chi connectivity index (χ3n) is 6.31. The van der Waals surface area contributed by atoms with E-state index in [0.717, 1.165) is 35.1 Å². The molecule has 2 aliphatic rings. The smallest absolute Gasteiger partial charge is 0.215 e. The second-order valence-corrected chi connectivity index (χ2v) is 8.73. The third kappa shape index (κ3) is 3.43. The second-order valence-electron chi connectivity index (χ2n) is 8.73. The average Bonchev–Trinajstić information content (AvgIpc) is 3.39. The highest BCUT2D eigenvalue weighted by atomic mass is 16.5. The monoisotopic (exact) mass is 389 g/mol. The van der Waals surface area contributed by atoms with Gasteiger partial charge in [0.05, 0.1) is 5.69 Å². The Hall–Kier alpha value is -2.69. The number of hydrogen-bond acceptors (Lipinski definition) is 4. The number of aryl methyl sites for hydroxylation is 4. The van der Waals surface area contributed by atoms with E-state index in [0.29, 0.717) is 24.1 Å². The lowest BCUT2D eigenvalue weighted by Gasteiger charge is -2.12. The Kier molecular flexibility index (Phi) is 4.41. The second kappa shape index (κ2) is 6.97. The molecule has 5 rings (SSSR count). The van der Waals surface area contributed by atoms with Crippen molar-refractivity contribution in [2.75, 3.05) is 6.61 Å². The van der Waals surface area contributed by atoms with Crippen LogP contribution in [-0.2, 0) is 18.3 Å². The number of rotatable bonds is 6. The number of fused-ring (bicyclic) bond motifs is 2. The summed E-state index contributed by atoms with van der Waals surface area (Å²) in [6, 6.07) is 8.53. The summed E-state index contributed by atoms with van der Waals surface area (Å²) in [5.74, 6) is 1.53. The zero-order chi connectivity index (χ0) is 20.1. The highest BCUT2D eigenvalue weighted by molar-refractivity contribution is 5.84. The maximum Gasteiger partial charge on any atom is 0.215 e. The molecule has 0 aliphatic heterocycles. The van der Waals surface area contributed by atoms with Gasteiger partial charge in [0.15, 0.2) is 11.4 Å². The van der Waals surface area contributed by atoms with Crippen LogP contribution in [0.2, 0.25) is 0 Å². The SMILES string of the molecule is Cc1ccc2c(c1)CC[C@@H]2CC(=O)COc1cc(C)c2c(C3CC3)nn(C)c2n1. The number of ketones is 1. The number of ether oxygens (including phenoxy) is 1. The molecule has 2 aliphatic carbocycles. The lowest BCUT2D eigenvalue weighted by molar-refractivity contribution is -0.121. The third-order valence-corrected chi connectivity index (χ3v) is 6.31. The Bertz CT molecular complexity index is 1110. The molecule has 2 aromatic heterocycles. The van der Waals surface area contributed by atoms with Crippen molar-refractivity contribution in [2.24, 2.45) is 7.05 Å². The van der Waals surface area contributed by atoms with Crippen molar-refractivity contribution in [1.82, 2.24) is 14.8 Å². The van der Waals surface area contributed by atoms with Gasteiger partial charge in [0.2, 0.25) is 5.88 Å². The molecular formula is C24H27N3O2. The van der Waals surface area contributed by atoms with E-state index in [4.69, 9.17) is 4.74 Å². The molecule has 0 saturated heterocycles. The Labute approximate surface area is 171 Å². The minimum absolute atomic E-state index is 0.0724. The van der Waals surface area contributed by atoms with E-state index in [2.05, 4.69) is 42.1 Å². The summed E-state index contributed by atoms with van der Waals surface area (Å²) in [5.41, 5.74) is 7.14.